The number of aliphatic imine (C=N–C) groups is 1. The number of H-pyrrole nitrogens is 1. The highest BCUT2D eigenvalue weighted by atomic mass is 19.4. The Kier molecular flexibility index (Phi) is 5.81. The summed E-state index contributed by atoms with van der Waals surface area (Å²) in [5.41, 5.74) is -0.597. The first-order chi connectivity index (χ1) is 14.1. The molecule has 3 rings (SSSR count). The van der Waals surface area contributed by atoms with Crippen molar-refractivity contribution in [3.8, 4) is 17.0 Å². The number of nitrogens with zero attached hydrogens (tertiary/aromatic N) is 3. The van der Waals surface area contributed by atoms with E-state index < -0.39 is 29.2 Å². The maximum Gasteiger partial charge on any atom is 0.419 e. The molecule has 0 aliphatic heterocycles. The quantitative estimate of drug-likeness (QED) is 0.452. The van der Waals surface area contributed by atoms with Gasteiger partial charge in [-0.05, 0) is 29.8 Å². The third-order valence-corrected chi connectivity index (χ3v) is 4.04. The minimum atomic E-state index is -4.86. The largest absolute Gasteiger partial charge is 0.488 e. The minimum Gasteiger partial charge on any atom is -0.488 e. The van der Waals surface area contributed by atoms with Crippen molar-refractivity contribution in [2.45, 2.75) is 19.0 Å². The number of halogens is 6. The van der Waals surface area contributed by atoms with E-state index in [-0.39, 0.29) is 6.61 Å². The van der Waals surface area contributed by atoms with Crippen molar-refractivity contribution in [2.24, 2.45) is 4.99 Å². The van der Waals surface area contributed by atoms with E-state index in [2.05, 4.69) is 20.4 Å². The number of alkyl halides is 6. The summed E-state index contributed by atoms with van der Waals surface area (Å²) in [4.78, 5) is 3.85. The van der Waals surface area contributed by atoms with Crippen LogP contribution in [0.2, 0.25) is 0 Å². The standard InChI is InChI=1S/C19H14F6N4O/c1-26-9-15-17(28-29-27-15)12-4-2-3-11(7-12)10-30-16-8-13(18(20,21)22)5-6-14(16)19(23,24)25/h2-9H,10H2,1H3,(H,27,28,29). The van der Waals surface area contributed by atoms with Gasteiger partial charge in [0.1, 0.15) is 23.7 Å². The number of hydrogen-bond donors (Lipinski definition) is 1. The van der Waals surface area contributed by atoms with Gasteiger partial charge in [-0.2, -0.15) is 41.8 Å². The molecule has 0 radical (unpaired) electrons. The van der Waals surface area contributed by atoms with Crippen LogP contribution in [0.4, 0.5) is 26.3 Å². The molecule has 0 fully saturated rings. The van der Waals surface area contributed by atoms with Crippen LogP contribution in [0.15, 0.2) is 47.5 Å². The van der Waals surface area contributed by atoms with Gasteiger partial charge >= 0.3 is 12.4 Å². The van der Waals surface area contributed by atoms with Crippen molar-refractivity contribution in [1.29, 1.82) is 0 Å². The maximum absolute atomic E-state index is 13.2. The molecule has 3 aromatic rings. The number of ether oxygens (including phenoxy) is 1. The molecule has 158 valence electrons. The van der Waals surface area contributed by atoms with Crippen LogP contribution in [0.3, 0.4) is 0 Å². The molecule has 0 saturated heterocycles. The van der Waals surface area contributed by atoms with E-state index in [0.29, 0.717) is 40.7 Å². The molecular formula is C19H14F6N4O. The SMILES string of the molecule is CN=Cc1n[nH]nc1-c1cccc(COc2cc(C(F)(F)F)ccc2C(F)(F)F)c1. The van der Waals surface area contributed by atoms with Gasteiger partial charge in [-0.3, -0.25) is 4.99 Å². The number of nitrogens with one attached hydrogen (secondary N) is 1. The fraction of sp³-hybridized carbons (Fsp3) is 0.211. The second-order valence-corrected chi connectivity index (χ2v) is 6.14. The van der Waals surface area contributed by atoms with Crippen LogP contribution in [0.25, 0.3) is 11.3 Å². The van der Waals surface area contributed by atoms with E-state index in [1.165, 1.54) is 6.21 Å². The van der Waals surface area contributed by atoms with Crippen molar-refractivity contribution < 1.29 is 31.1 Å². The fourth-order valence-corrected chi connectivity index (χ4v) is 2.69. The van der Waals surface area contributed by atoms with Crippen LogP contribution in [-0.4, -0.2) is 28.7 Å². The molecule has 0 unspecified atom stereocenters. The van der Waals surface area contributed by atoms with Crippen LogP contribution in [0, 0.1) is 0 Å². The van der Waals surface area contributed by atoms with E-state index in [4.69, 9.17) is 4.74 Å². The zero-order chi connectivity index (χ0) is 21.9. The zero-order valence-electron chi connectivity index (χ0n) is 15.3. The van der Waals surface area contributed by atoms with Gasteiger partial charge in [0.05, 0.1) is 17.3 Å². The molecule has 1 heterocycles. The van der Waals surface area contributed by atoms with Crippen LogP contribution in [-0.2, 0) is 19.0 Å². The molecule has 11 heteroatoms. The molecule has 1 N–H and O–H groups in total. The Labute approximate surface area is 166 Å². The highest BCUT2D eigenvalue weighted by Crippen LogP contribution is 2.40. The number of aromatic amines is 1. The van der Waals surface area contributed by atoms with E-state index in [0.717, 1.165) is 0 Å². The van der Waals surface area contributed by atoms with Crippen molar-refractivity contribution in [3.63, 3.8) is 0 Å². The van der Waals surface area contributed by atoms with Gasteiger partial charge in [-0.15, -0.1) is 0 Å². The molecule has 0 bridgehead atoms. The third-order valence-electron chi connectivity index (χ3n) is 4.04. The van der Waals surface area contributed by atoms with Gasteiger partial charge in [0.15, 0.2) is 0 Å². The Balaban J connectivity index is 1.89. The predicted octanol–water partition coefficient (Wildman–Crippen LogP) is 5.14. The molecule has 0 spiro atoms. The molecule has 0 amide bonds. The summed E-state index contributed by atoms with van der Waals surface area (Å²) in [7, 11) is 1.55. The van der Waals surface area contributed by atoms with Gasteiger partial charge < -0.3 is 4.74 Å². The average Bonchev–Trinajstić information content (AvgIpc) is 3.13. The number of hydrogen-bond acceptors (Lipinski definition) is 4. The summed E-state index contributed by atoms with van der Waals surface area (Å²) in [6.07, 6.45) is -8.19. The normalized spacial score (nSPS) is 12.5. The smallest absolute Gasteiger partial charge is 0.419 e. The first kappa shape index (κ1) is 21.3. The second kappa shape index (κ2) is 8.17. The Bertz CT molecular complexity index is 1060. The summed E-state index contributed by atoms with van der Waals surface area (Å²) in [5, 5.41) is 10.4. The summed E-state index contributed by atoms with van der Waals surface area (Å²) in [5.74, 6) is -0.900. The minimum absolute atomic E-state index is 0.347. The topological polar surface area (TPSA) is 63.2 Å². The van der Waals surface area contributed by atoms with Gasteiger partial charge in [-0.25, -0.2) is 0 Å². The van der Waals surface area contributed by atoms with Crippen molar-refractivity contribution in [3.05, 3.63) is 64.8 Å². The van der Waals surface area contributed by atoms with Gasteiger partial charge in [-0.1, -0.05) is 18.2 Å². The Hall–Kier alpha value is -3.37. The second-order valence-electron chi connectivity index (χ2n) is 6.14. The lowest BCUT2D eigenvalue weighted by Crippen LogP contribution is -2.12. The first-order valence-corrected chi connectivity index (χ1v) is 8.43. The van der Waals surface area contributed by atoms with Crippen LogP contribution < -0.4 is 4.74 Å². The maximum atomic E-state index is 13.2. The van der Waals surface area contributed by atoms with Crippen LogP contribution in [0.1, 0.15) is 22.4 Å². The molecule has 0 aliphatic rings. The van der Waals surface area contributed by atoms with Gasteiger partial charge in [0.25, 0.3) is 0 Å². The fourth-order valence-electron chi connectivity index (χ4n) is 2.69. The van der Waals surface area contributed by atoms with Crippen LogP contribution >= 0.6 is 0 Å². The van der Waals surface area contributed by atoms with E-state index in [1.807, 2.05) is 0 Å². The summed E-state index contributed by atoms with van der Waals surface area (Å²) in [6, 6.07) is 7.55. The van der Waals surface area contributed by atoms with Gasteiger partial charge in [0.2, 0.25) is 0 Å². The molecule has 5 nitrogen and oxygen atoms in total. The Morgan fingerprint density at radius 1 is 1.00 bits per heavy atom. The summed E-state index contributed by atoms with van der Waals surface area (Å²) < 4.78 is 83.4. The molecule has 1 aromatic heterocycles. The molecular weight excluding hydrogens is 414 g/mol. The lowest BCUT2D eigenvalue weighted by molar-refractivity contribution is -0.142. The van der Waals surface area contributed by atoms with Crippen molar-refractivity contribution in [1.82, 2.24) is 15.4 Å². The average molecular weight is 428 g/mol. The van der Waals surface area contributed by atoms with Gasteiger partial charge in [0, 0.05) is 12.6 Å². The third kappa shape index (κ3) is 4.78. The van der Waals surface area contributed by atoms with E-state index >= 15 is 0 Å². The van der Waals surface area contributed by atoms with E-state index in [9.17, 15) is 26.3 Å². The monoisotopic (exact) mass is 428 g/mol. The Morgan fingerprint density at radius 2 is 1.77 bits per heavy atom. The molecule has 0 atom stereocenters. The highest BCUT2D eigenvalue weighted by molar-refractivity contribution is 5.86. The number of rotatable bonds is 5. The van der Waals surface area contributed by atoms with E-state index in [1.54, 1.807) is 31.3 Å². The highest BCUT2D eigenvalue weighted by Gasteiger charge is 2.37. The first-order valence-electron chi connectivity index (χ1n) is 8.43. The number of benzene rings is 2. The van der Waals surface area contributed by atoms with Crippen molar-refractivity contribution in [2.75, 3.05) is 7.05 Å². The molecule has 0 aliphatic carbocycles. The molecule has 30 heavy (non-hydrogen) atoms. The Morgan fingerprint density at radius 3 is 2.43 bits per heavy atom. The van der Waals surface area contributed by atoms with Crippen molar-refractivity contribution >= 4 is 6.21 Å². The summed E-state index contributed by atoms with van der Waals surface area (Å²) in [6.45, 7) is -0.382. The predicted molar refractivity (Wildman–Crippen MR) is 96.1 cm³/mol. The summed E-state index contributed by atoms with van der Waals surface area (Å²) >= 11 is 0. The molecule has 0 saturated carbocycles. The lowest BCUT2D eigenvalue weighted by atomic mass is 10.1. The number of aromatic nitrogens is 3. The molecule has 2 aromatic carbocycles. The lowest BCUT2D eigenvalue weighted by Gasteiger charge is -2.16. The van der Waals surface area contributed by atoms with Crippen LogP contribution in [0.5, 0.6) is 5.75 Å². The zero-order valence-corrected chi connectivity index (χ0v) is 15.3.